The summed E-state index contributed by atoms with van der Waals surface area (Å²) in [6.45, 7) is 2.37. The van der Waals surface area contributed by atoms with Gasteiger partial charge in [0.15, 0.2) is 0 Å². The SMILES string of the molecule is CC/C(ON)=C(/CCc1c(Cl)cccc1Cl)COc1ccc(COc2cccc(C(=O)O)c2)c(Cl)c1. The Balaban J connectivity index is 1.65. The summed E-state index contributed by atoms with van der Waals surface area (Å²) in [5.74, 6) is 6.12. The number of allylic oxidation sites excluding steroid dienone is 1. The highest BCUT2D eigenvalue weighted by molar-refractivity contribution is 6.36. The molecule has 0 aromatic heterocycles. The van der Waals surface area contributed by atoms with E-state index in [1.165, 1.54) is 12.1 Å². The average Bonchev–Trinajstić information content (AvgIpc) is 2.86. The Morgan fingerprint density at radius 2 is 1.61 bits per heavy atom. The van der Waals surface area contributed by atoms with Crippen molar-refractivity contribution in [2.45, 2.75) is 32.8 Å². The molecule has 6 nitrogen and oxygen atoms in total. The van der Waals surface area contributed by atoms with E-state index < -0.39 is 5.97 Å². The Morgan fingerprint density at radius 1 is 0.917 bits per heavy atom. The summed E-state index contributed by atoms with van der Waals surface area (Å²) in [5.41, 5.74) is 2.62. The minimum absolute atomic E-state index is 0.149. The molecule has 0 saturated carbocycles. The number of carboxylic acids is 1. The van der Waals surface area contributed by atoms with Crippen molar-refractivity contribution in [3.05, 3.63) is 104 Å². The van der Waals surface area contributed by atoms with E-state index in [0.29, 0.717) is 51.6 Å². The van der Waals surface area contributed by atoms with Crippen molar-refractivity contribution in [2.24, 2.45) is 5.90 Å². The summed E-state index contributed by atoms with van der Waals surface area (Å²) in [5, 5.41) is 10.8. The minimum atomic E-state index is -1.02. The molecule has 190 valence electrons. The van der Waals surface area contributed by atoms with Crippen LogP contribution in [0.2, 0.25) is 15.1 Å². The van der Waals surface area contributed by atoms with Crippen LogP contribution in [0.5, 0.6) is 11.5 Å². The highest BCUT2D eigenvalue weighted by Gasteiger charge is 2.13. The quantitative estimate of drug-likeness (QED) is 0.179. The van der Waals surface area contributed by atoms with Crippen LogP contribution in [0.25, 0.3) is 0 Å². The van der Waals surface area contributed by atoms with Gasteiger partial charge >= 0.3 is 5.97 Å². The molecule has 3 rings (SSSR count). The molecule has 0 spiro atoms. The van der Waals surface area contributed by atoms with Crippen LogP contribution in [0.1, 0.15) is 41.3 Å². The van der Waals surface area contributed by atoms with Gasteiger partial charge in [0.1, 0.15) is 30.5 Å². The predicted octanol–water partition coefficient (Wildman–Crippen LogP) is 7.49. The van der Waals surface area contributed by atoms with Gasteiger partial charge in [-0.25, -0.2) is 4.79 Å². The smallest absolute Gasteiger partial charge is 0.335 e. The highest BCUT2D eigenvalue weighted by Crippen LogP contribution is 2.29. The summed E-state index contributed by atoms with van der Waals surface area (Å²) >= 11 is 19.1. The maximum absolute atomic E-state index is 11.1. The Kier molecular flexibility index (Phi) is 10.3. The molecule has 0 radical (unpaired) electrons. The standard InChI is InChI=1S/C27H26Cl3NO5/c1-2-26(36-31)19(10-12-22-23(28)7-4-8-24(22)29)16-35-21-11-9-18(25(30)14-21)15-34-20-6-3-5-17(13-20)27(32)33/h3-9,11,13-14H,2,10,12,15-16,31H2,1H3,(H,32,33)/b26-19+. The number of carboxylic acid groups (broad SMARTS) is 1. The Morgan fingerprint density at radius 3 is 2.25 bits per heavy atom. The molecule has 0 amide bonds. The van der Waals surface area contributed by atoms with E-state index in [1.54, 1.807) is 48.5 Å². The molecule has 0 aliphatic heterocycles. The Bertz CT molecular complexity index is 1220. The number of carbonyl (C=O) groups is 1. The molecule has 36 heavy (non-hydrogen) atoms. The van der Waals surface area contributed by atoms with E-state index in [2.05, 4.69) is 0 Å². The van der Waals surface area contributed by atoms with Gasteiger partial charge in [-0.3, -0.25) is 0 Å². The van der Waals surface area contributed by atoms with Crippen LogP contribution in [0, 0.1) is 0 Å². The molecule has 0 aliphatic rings. The van der Waals surface area contributed by atoms with Gasteiger partial charge in [0.25, 0.3) is 0 Å². The van der Waals surface area contributed by atoms with Crippen molar-refractivity contribution in [1.29, 1.82) is 0 Å². The van der Waals surface area contributed by atoms with Crippen molar-refractivity contribution in [3.63, 3.8) is 0 Å². The van der Waals surface area contributed by atoms with Crippen molar-refractivity contribution in [1.82, 2.24) is 0 Å². The third kappa shape index (κ3) is 7.55. The van der Waals surface area contributed by atoms with Gasteiger partial charge in [-0.15, -0.1) is 0 Å². The molecule has 0 bridgehead atoms. The van der Waals surface area contributed by atoms with Gasteiger partial charge in [-0.1, -0.05) is 59.9 Å². The molecule has 0 aliphatic carbocycles. The van der Waals surface area contributed by atoms with Gasteiger partial charge in [0.2, 0.25) is 0 Å². The van der Waals surface area contributed by atoms with Gasteiger partial charge in [-0.05, 0) is 60.9 Å². The van der Waals surface area contributed by atoms with Crippen LogP contribution >= 0.6 is 34.8 Å². The molecule has 3 N–H and O–H groups in total. The predicted molar refractivity (Wildman–Crippen MR) is 142 cm³/mol. The summed E-state index contributed by atoms with van der Waals surface area (Å²) in [6.07, 6.45) is 1.80. The lowest BCUT2D eigenvalue weighted by atomic mass is 10.0. The van der Waals surface area contributed by atoms with E-state index >= 15 is 0 Å². The lowest BCUT2D eigenvalue weighted by Gasteiger charge is -2.16. The van der Waals surface area contributed by atoms with Gasteiger partial charge in [0.05, 0.1) is 10.6 Å². The molecule has 0 atom stereocenters. The van der Waals surface area contributed by atoms with Crippen LogP contribution in [0.4, 0.5) is 0 Å². The van der Waals surface area contributed by atoms with E-state index in [-0.39, 0.29) is 18.8 Å². The van der Waals surface area contributed by atoms with Crippen molar-refractivity contribution in [2.75, 3.05) is 6.61 Å². The van der Waals surface area contributed by atoms with E-state index in [1.807, 2.05) is 6.92 Å². The fourth-order valence-corrected chi connectivity index (χ4v) is 4.35. The molecule has 3 aromatic rings. The topological polar surface area (TPSA) is 91.0 Å². The van der Waals surface area contributed by atoms with Crippen molar-refractivity contribution in [3.8, 4) is 11.5 Å². The summed E-state index contributed by atoms with van der Waals surface area (Å²) < 4.78 is 11.7. The first kappa shape index (κ1) is 27.7. The third-order valence-electron chi connectivity index (χ3n) is 5.51. The fraction of sp³-hybridized carbons (Fsp3) is 0.222. The maximum atomic E-state index is 11.1. The summed E-state index contributed by atoms with van der Waals surface area (Å²) in [4.78, 5) is 16.2. The van der Waals surface area contributed by atoms with Crippen LogP contribution in [-0.4, -0.2) is 17.7 Å². The number of hydrogen-bond acceptors (Lipinski definition) is 5. The minimum Gasteiger partial charge on any atom is -0.489 e. The van der Waals surface area contributed by atoms with Crippen LogP contribution < -0.4 is 15.4 Å². The molecule has 3 aromatic carbocycles. The summed E-state index contributed by atoms with van der Waals surface area (Å²) in [6, 6.07) is 17.0. The molecule has 0 unspecified atom stereocenters. The zero-order valence-corrected chi connectivity index (χ0v) is 21.9. The molecule has 0 heterocycles. The number of nitrogens with two attached hydrogens (primary N) is 1. The maximum Gasteiger partial charge on any atom is 0.335 e. The zero-order chi connectivity index (χ0) is 26.1. The second kappa shape index (κ2) is 13.4. The van der Waals surface area contributed by atoms with E-state index in [9.17, 15) is 4.79 Å². The first-order chi connectivity index (χ1) is 17.3. The summed E-state index contributed by atoms with van der Waals surface area (Å²) in [7, 11) is 0. The average molecular weight is 551 g/mol. The molecular formula is C27H26Cl3NO5. The molecule has 0 saturated heterocycles. The van der Waals surface area contributed by atoms with Gasteiger partial charge in [-0.2, -0.15) is 5.90 Å². The number of aromatic carboxylic acids is 1. The number of benzene rings is 3. The van der Waals surface area contributed by atoms with Crippen LogP contribution in [0.3, 0.4) is 0 Å². The third-order valence-corrected chi connectivity index (χ3v) is 6.57. The zero-order valence-electron chi connectivity index (χ0n) is 19.6. The first-order valence-corrected chi connectivity index (χ1v) is 12.3. The normalized spacial score (nSPS) is 11.6. The lowest BCUT2D eigenvalue weighted by Crippen LogP contribution is -2.10. The van der Waals surface area contributed by atoms with Gasteiger partial charge < -0.3 is 19.4 Å². The molecule has 0 fully saturated rings. The number of ether oxygens (including phenoxy) is 2. The van der Waals surface area contributed by atoms with Crippen LogP contribution in [-0.2, 0) is 17.9 Å². The molecular weight excluding hydrogens is 525 g/mol. The van der Waals surface area contributed by atoms with E-state index in [0.717, 1.165) is 16.7 Å². The lowest BCUT2D eigenvalue weighted by molar-refractivity contribution is 0.0696. The molecule has 9 heteroatoms. The number of hydrogen-bond donors (Lipinski definition) is 2. The van der Waals surface area contributed by atoms with Gasteiger partial charge in [0, 0.05) is 27.6 Å². The number of rotatable bonds is 12. The second-order valence-corrected chi connectivity index (χ2v) is 9.08. The Labute approximate surface area is 225 Å². The second-order valence-electron chi connectivity index (χ2n) is 7.86. The van der Waals surface area contributed by atoms with Crippen LogP contribution in [0.15, 0.2) is 72.0 Å². The highest BCUT2D eigenvalue weighted by atomic mass is 35.5. The largest absolute Gasteiger partial charge is 0.489 e. The monoisotopic (exact) mass is 549 g/mol. The fourth-order valence-electron chi connectivity index (χ4n) is 3.54. The number of halogens is 3. The Hall–Kier alpha value is -2.90. The first-order valence-electron chi connectivity index (χ1n) is 11.2. The van der Waals surface area contributed by atoms with Crippen molar-refractivity contribution < 1.29 is 24.2 Å². The van der Waals surface area contributed by atoms with E-state index in [4.69, 9.17) is 60.1 Å². The van der Waals surface area contributed by atoms with Crippen molar-refractivity contribution >= 4 is 40.8 Å².